The molecule has 1 atom stereocenters. The Labute approximate surface area is 158 Å². The Bertz CT molecular complexity index is 672. The van der Waals surface area contributed by atoms with E-state index in [1.54, 1.807) is 0 Å². The van der Waals surface area contributed by atoms with Crippen molar-refractivity contribution in [1.29, 1.82) is 0 Å². The second-order valence-corrected chi connectivity index (χ2v) is 8.17. The normalized spacial score (nSPS) is 15.6. The van der Waals surface area contributed by atoms with Crippen LogP contribution in [0.3, 0.4) is 0 Å². The molecule has 0 aliphatic heterocycles. The molecule has 1 N–H and O–H groups in total. The van der Waals surface area contributed by atoms with E-state index in [0.29, 0.717) is 17.9 Å². The third kappa shape index (κ3) is 5.36. The van der Waals surface area contributed by atoms with Gasteiger partial charge in [0.25, 0.3) is 0 Å². The molecule has 4 heteroatoms. The lowest BCUT2D eigenvalue weighted by atomic mass is 9.99. The number of nitrogens with one attached hydrogen (secondary N) is 1. The molecule has 26 heavy (non-hydrogen) atoms. The highest BCUT2D eigenvalue weighted by Crippen LogP contribution is 2.37. The van der Waals surface area contributed by atoms with Crippen molar-refractivity contribution >= 4 is 0 Å². The predicted octanol–water partition coefficient (Wildman–Crippen LogP) is 3.95. The summed E-state index contributed by atoms with van der Waals surface area (Å²) in [4.78, 5) is 11.3. The zero-order valence-electron chi connectivity index (χ0n) is 16.6. The fourth-order valence-corrected chi connectivity index (χ4v) is 3.31. The van der Waals surface area contributed by atoms with Crippen LogP contribution in [0.15, 0.2) is 36.7 Å². The minimum atomic E-state index is 0.356. The number of hydrogen-bond donors (Lipinski definition) is 1. The van der Waals surface area contributed by atoms with Gasteiger partial charge < -0.3 is 10.2 Å². The van der Waals surface area contributed by atoms with Crippen LogP contribution in [0.1, 0.15) is 61.2 Å². The van der Waals surface area contributed by atoms with Crippen molar-refractivity contribution in [2.45, 2.75) is 51.6 Å². The molecule has 1 heterocycles. The van der Waals surface area contributed by atoms with E-state index in [9.17, 15) is 0 Å². The van der Waals surface area contributed by atoms with E-state index in [-0.39, 0.29) is 0 Å². The summed E-state index contributed by atoms with van der Waals surface area (Å²) in [5.74, 6) is 2.33. The first-order valence-corrected chi connectivity index (χ1v) is 9.79. The number of aromatic nitrogens is 2. The summed E-state index contributed by atoms with van der Waals surface area (Å²) in [5.41, 5.74) is 3.93. The van der Waals surface area contributed by atoms with Crippen LogP contribution in [0.25, 0.3) is 0 Å². The minimum Gasteiger partial charge on any atom is -0.311 e. The molecule has 2 aromatic rings. The Morgan fingerprint density at radius 1 is 1.04 bits per heavy atom. The lowest BCUT2D eigenvalue weighted by Crippen LogP contribution is -2.30. The Morgan fingerprint density at radius 3 is 2.23 bits per heavy atom. The van der Waals surface area contributed by atoms with E-state index >= 15 is 0 Å². The van der Waals surface area contributed by atoms with Gasteiger partial charge in [-0.1, -0.05) is 38.1 Å². The fourth-order valence-electron chi connectivity index (χ4n) is 3.31. The SMILES string of the molecule is CC(C)Cc1ccc(C(CNCc2cnc(C3CC3)nc2)N(C)C)cc1. The number of likely N-dealkylation sites (N-methyl/N-ethyl adjacent to an activating group) is 1. The number of benzene rings is 1. The Kier molecular flexibility index (Phi) is 6.38. The van der Waals surface area contributed by atoms with Crippen LogP contribution < -0.4 is 5.32 Å². The van der Waals surface area contributed by atoms with Gasteiger partial charge in [-0.25, -0.2) is 9.97 Å². The van der Waals surface area contributed by atoms with Crippen molar-refractivity contribution in [3.63, 3.8) is 0 Å². The largest absolute Gasteiger partial charge is 0.311 e. The average molecular weight is 353 g/mol. The molecule has 1 fully saturated rings. The van der Waals surface area contributed by atoms with Crippen molar-refractivity contribution < 1.29 is 0 Å². The molecular formula is C22H32N4. The summed E-state index contributed by atoms with van der Waals surface area (Å²) in [6.45, 7) is 6.24. The summed E-state index contributed by atoms with van der Waals surface area (Å²) in [6.07, 6.45) is 7.58. The molecule has 0 spiro atoms. The molecule has 140 valence electrons. The first-order valence-electron chi connectivity index (χ1n) is 9.79. The van der Waals surface area contributed by atoms with Gasteiger partial charge in [-0.05, 0) is 50.4 Å². The van der Waals surface area contributed by atoms with Crippen LogP contribution in [0.2, 0.25) is 0 Å². The highest BCUT2D eigenvalue weighted by Gasteiger charge is 2.26. The highest BCUT2D eigenvalue weighted by molar-refractivity contribution is 5.25. The first kappa shape index (κ1) is 19.0. The van der Waals surface area contributed by atoms with Crippen LogP contribution in [-0.4, -0.2) is 35.5 Å². The molecule has 0 radical (unpaired) electrons. The maximum Gasteiger partial charge on any atom is 0.131 e. The Morgan fingerprint density at radius 2 is 1.69 bits per heavy atom. The molecule has 1 aromatic carbocycles. The second kappa shape index (κ2) is 8.74. The smallest absolute Gasteiger partial charge is 0.131 e. The van der Waals surface area contributed by atoms with Crippen LogP contribution in [0.5, 0.6) is 0 Å². The third-order valence-electron chi connectivity index (χ3n) is 4.97. The van der Waals surface area contributed by atoms with E-state index in [4.69, 9.17) is 0 Å². The van der Waals surface area contributed by atoms with E-state index in [1.165, 1.54) is 24.0 Å². The molecule has 0 saturated heterocycles. The number of rotatable bonds is 9. The van der Waals surface area contributed by atoms with Crippen LogP contribution in [0, 0.1) is 5.92 Å². The Hall–Kier alpha value is -1.78. The molecule has 1 saturated carbocycles. The van der Waals surface area contributed by atoms with Crippen LogP contribution in [-0.2, 0) is 13.0 Å². The van der Waals surface area contributed by atoms with Gasteiger partial charge in [0, 0.05) is 43.0 Å². The molecule has 3 rings (SSSR count). The monoisotopic (exact) mass is 352 g/mol. The molecule has 4 nitrogen and oxygen atoms in total. The van der Waals surface area contributed by atoms with Gasteiger partial charge in [-0.2, -0.15) is 0 Å². The van der Waals surface area contributed by atoms with Gasteiger partial charge in [-0.3, -0.25) is 0 Å². The summed E-state index contributed by atoms with van der Waals surface area (Å²) in [7, 11) is 4.28. The summed E-state index contributed by atoms with van der Waals surface area (Å²) in [5, 5.41) is 3.57. The van der Waals surface area contributed by atoms with Crippen molar-refractivity contribution in [3.8, 4) is 0 Å². The van der Waals surface area contributed by atoms with Gasteiger partial charge in [0.1, 0.15) is 5.82 Å². The van der Waals surface area contributed by atoms with Gasteiger partial charge in [-0.15, -0.1) is 0 Å². The molecular weight excluding hydrogens is 320 g/mol. The molecule has 1 aliphatic carbocycles. The zero-order chi connectivity index (χ0) is 18.5. The fraction of sp³-hybridized carbons (Fsp3) is 0.545. The lowest BCUT2D eigenvalue weighted by Gasteiger charge is -2.25. The van der Waals surface area contributed by atoms with Crippen LogP contribution >= 0.6 is 0 Å². The van der Waals surface area contributed by atoms with Gasteiger partial charge in [0.15, 0.2) is 0 Å². The van der Waals surface area contributed by atoms with E-state index < -0.39 is 0 Å². The molecule has 1 aliphatic rings. The van der Waals surface area contributed by atoms with E-state index in [0.717, 1.165) is 30.9 Å². The second-order valence-electron chi connectivity index (χ2n) is 8.17. The maximum absolute atomic E-state index is 4.50. The van der Waals surface area contributed by atoms with Gasteiger partial charge in [0.2, 0.25) is 0 Å². The number of nitrogens with zero attached hydrogens (tertiary/aromatic N) is 3. The standard InChI is InChI=1S/C22H32N4/c1-16(2)11-17-5-7-19(8-6-17)21(26(3)4)15-23-12-18-13-24-22(25-14-18)20-9-10-20/h5-8,13-14,16,20-21,23H,9-12,15H2,1-4H3. The summed E-state index contributed by atoms with van der Waals surface area (Å²) < 4.78 is 0. The molecule has 0 bridgehead atoms. The van der Waals surface area contributed by atoms with Crippen molar-refractivity contribution in [2.24, 2.45) is 5.92 Å². The minimum absolute atomic E-state index is 0.356. The highest BCUT2D eigenvalue weighted by atomic mass is 15.1. The summed E-state index contributed by atoms with van der Waals surface area (Å²) in [6, 6.07) is 9.46. The molecule has 1 aromatic heterocycles. The first-order chi connectivity index (χ1) is 12.5. The quantitative estimate of drug-likeness (QED) is 0.742. The van der Waals surface area contributed by atoms with Crippen molar-refractivity contribution in [2.75, 3.05) is 20.6 Å². The van der Waals surface area contributed by atoms with Crippen molar-refractivity contribution in [3.05, 3.63) is 59.2 Å². The van der Waals surface area contributed by atoms with Gasteiger partial charge >= 0.3 is 0 Å². The van der Waals surface area contributed by atoms with Crippen LogP contribution in [0.4, 0.5) is 0 Å². The topological polar surface area (TPSA) is 41.1 Å². The van der Waals surface area contributed by atoms with E-state index in [1.807, 2.05) is 12.4 Å². The third-order valence-corrected chi connectivity index (χ3v) is 4.97. The maximum atomic E-state index is 4.50. The number of hydrogen-bond acceptors (Lipinski definition) is 4. The molecule has 0 amide bonds. The summed E-state index contributed by atoms with van der Waals surface area (Å²) >= 11 is 0. The van der Waals surface area contributed by atoms with E-state index in [2.05, 4.69) is 72.4 Å². The lowest BCUT2D eigenvalue weighted by molar-refractivity contribution is 0.288. The van der Waals surface area contributed by atoms with Crippen molar-refractivity contribution in [1.82, 2.24) is 20.2 Å². The average Bonchev–Trinajstić information content (AvgIpc) is 3.44. The molecule has 1 unspecified atom stereocenters. The predicted molar refractivity (Wildman–Crippen MR) is 107 cm³/mol. The Balaban J connectivity index is 1.54. The zero-order valence-corrected chi connectivity index (χ0v) is 16.6. The van der Waals surface area contributed by atoms with Gasteiger partial charge in [0.05, 0.1) is 0 Å².